The van der Waals surface area contributed by atoms with Gasteiger partial charge in [0.15, 0.2) is 12.1 Å². The minimum absolute atomic E-state index is 0.141. The average Bonchev–Trinajstić information content (AvgIpc) is 3.12. The number of carbonyl (C=O) groups excluding carboxylic acids is 1. The zero-order chi connectivity index (χ0) is 17.6. The maximum Gasteiger partial charge on any atom is 0.435 e. The van der Waals surface area contributed by atoms with Crippen molar-refractivity contribution < 1.29 is 22.4 Å². The number of carbonyl (C=O) groups is 1. The van der Waals surface area contributed by atoms with Crippen molar-refractivity contribution >= 4 is 5.91 Å². The molecule has 0 bridgehead atoms. The summed E-state index contributed by atoms with van der Waals surface area (Å²) in [6, 6.07) is 0.839. The van der Waals surface area contributed by atoms with Crippen LogP contribution >= 0.6 is 0 Å². The molecular formula is C16H17F3N4O2. The molecule has 1 aliphatic carbocycles. The first-order valence-corrected chi connectivity index (χ1v) is 8.28. The standard InChI is InChI=1S/C16H17F3N4O2/c17-16(18,19)12-5-8-23(21-12)11-3-6-22(7-4-11)15(24)14-13(10-1-2-10)20-9-25-14/h5,8-11H,1-4,6-7H2. The zero-order valence-corrected chi connectivity index (χ0v) is 13.4. The summed E-state index contributed by atoms with van der Waals surface area (Å²) < 4.78 is 44.6. The zero-order valence-electron chi connectivity index (χ0n) is 13.4. The van der Waals surface area contributed by atoms with Gasteiger partial charge >= 0.3 is 6.18 Å². The van der Waals surface area contributed by atoms with Crippen LogP contribution in [0.5, 0.6) is 0 Å². The second-order valence-electron chi connectivity index (χ2n) is 6.54. The van der Waals surface area contributed by atoms with Gasteiger partial charge in [-0.15, -0.1) is 0 Å². The number of piperidine rings is 1. The molecular weight excluding hydrogens is 337 g/mol. The lowest BCUT2D eigenvalue weighted by atomic mass is 10.0. The van der Waals surface area contributed by atoms with Gasteiger partial charge < -0.3 is 9.32 Å². The van der Waals surface area contributed by atoms with Crippen LogP contribution in [-0.2, 0) is 6.18 Å². The summed E-state index contributed by atoms with van der Waals surface area (Å²) in [5.74, 6) is 0.439. The fourth-order valence-corrected chi connectivity index (χ4v) is 3.23. The molecule has 0 radical (unpaired) electrons. The number of likely N-dealkylation sites (tertiary alicyclic amines) is 1. The second kappa shape index (κ2) is 5.89. The number of hydrogen-bond donors (Lipinski definition) is 0. The van der Waals surface area contributed by atoms with Crippen LogP contribution in [0.4, 0.5) is 13.2 Å². The summed E-state index contributed by atoms with van der Waals surface area (Å²) in [4.78, 5) is 18.4. The summed E-state index contributed by atoms with van der Waals surface area (Å²) in [6.45, 7) is 0.908. The molecule has 9 heteroatoms. The molecule has 2 aromatic rings. The van der Waals surface area contributed by atoms with Crippen molar-refractivity contribution in [1.29, 1.82) is 0 Å². The highest BCUT2D eigenvalue weighted by Gasteiger charge is 2.36. The van der Waals surface area contributed by atoms with Gasteiger partial charge in [0, 0.05) is 25.2 Å². The number of amides is 1. The van der Waals surface area contributed by atoms with E-state index in [1.165, 1.54) is 17.3 Å². The highest BCUT2D eigenvalue weighted by Crippen LogP contribution is 2.41. The fourth-order valence-electron chi connectivity index (χ4n) is 3.23. The maximum atomic E-state index is 12.7. The third-order valence-corrected chi connectivity index (χ3v) is 4.78. The second-order valence-corrected chi connectivity index (χ2v) is 6.54. The Morgan fingerprint density at radius 1 is 1.20 bits per heavy atom. The molecule has 0 spiro atoms. The molecule has 134 valence electrons. The number of aromatic nitrogens is 3. The number of nitrogens with zero attached hydrogens (tertiary/aromatic N) is 4. The van der Waals surface area contributed by atoms with Gasteiger partial charge in [-0.25, -0.2) is 4.98 Å². The van der Waals surface area contributed by atoms with E-state index >= 15 is 0 Å². The quantitative estimate of drug-likeness (QED) is 0.849. The normalized spacial score (nSPS) is 19.4. The Balaban J connectivity index is 1.40. The van der Waals surface area contributed by atoms with Gasteiger partial charge in [-0.1, -0.05) is 0 Å². The molecule has 6 nitrogen and oxygen atoms in total. The predicted octanol–water partition coefficient (Wildman–Crippen LogP) is 3.24. The molecule has 4 rings (SSSR count). The smallest absolute Gasteiger partial charge is 0.435 e. The topological polar surface area (TPSA) is 64.2 Å². The summed E-state index contributed by atoms with van der Waals surface area (Å²) in [6.07, 6.45) is 1.37. The third kappa shape index (κ3) is 3.14. The van der Waals surface area contributed by atoms with E-state index in [-0.39, 0.29) is 11.9 Å². The van der Waals surface area contributed by atoms with Gasteiger partial charge in [-0.3, -0.25) is 9.48 Å². The van der Waals surface area contributed by atoms with Crippen LogP contribution in [0.2, 0.25) is 0 Å². The molecule has 25 heavy (non-hydrogen) atoms. The number of hydrogen-bond acceptors (Lipinski definition) is 4. The van der Waals surface area contributed by atoms with Gasteiger partial charge in [-0.2, -0.15) is 18.3 Å². The Morgan fingerprint density at radius 2 is 1.92 bits per heavy atom. The van der Waals surface area contributed by atoms with Crippen molar-refractivity contribution in [3.8, 4) is 0 Å². The van der Waals surface area contributed by atoms with Gasteiger partial charge in [0.1, 0.15) is 0 Å². The molecule has 2 aromatic heterocycles. The fraction of sp³-hybridized carbons (Fsp3) is 0.562. The van der Waals surface area contributed by atoms with Gasteiger partial charge in [0.2, 0.25) is 5.76 Å². The number of rotatable bonds is 3. The van der Waals surface area contributed by atoms with E-state index in [2.05, 4.69) is 10.1 Å². The van der Waals surface area contributed by atoms with Gasteiger partial charge in [0.05, 0.1) is 11.7 Å². The van der Waals surface area contributed by atoms with Crippen LogP contribution < -0.4 is 0 Å². The predicted molar refractivity (Wildman–Crippen MR) is 79.9 cm³/mol. The molecule has 0 aromatic carbocycles. The highest BCUT2D eigenvalue weighted by atomic mass is 19.4. The first kappa shape index (κ1) is 16.2. The van der Waals surface area contributed by atoms with E-state index in [0.29, 0.717) is 37.6 Å². The monoisotopic (exact) mass is 354 g/mol. The molecule has 1 saturated heterocycles. The Hall–Kier alpha value is -2.32. The molecule has 1 amide bonds. The molecule has 2 fully saturated rings. The molecule has 1 saturated carbocycles. The Morgan fingerprint density at radius 3 is 2.52 bits per heavy atom. The number of halogens is 3. The van der Waals surface area contributed by atoms with Crippen LogP contribution in [-0.4, -0.2) is 38.7 Å². The summed E-state index contributed by atoms with van der Waals surface area (Å²) in [7, 11) is 0. The maximum absolute atomic E-state index is 12.7. The lowest BCUT2D eigenvalue weighted by molar-refractivity contribution is -0.141. The third-order valence-electron chi connectivity index (χ3n) is 4.78. The molecule has 0 atom stereocenters. The van der Waals surface area contributed by atoms with Crippen molar-refractivity contribution in [3.63, 3.8) is 0 Å². The van der Waals surface area contributed by atoms with Crippen molar-refractivity contribution in [2.45, 2.75) is 43.8 Å². The Bertz CT molecular complexity index is 770. The van der Waals surface area contributed by atoms with Crippen molar-refractivity contribution in [2.24, 2.45) is 0 Å². The number of alkyl halides is 3. The van der Waals surface area contributed by atoms with E-state index in [1.54, 1.807) is 4.90 Å². The van der Waals surface area contributed by atoms with E-state index in [1.807, 2.05) is 0 Å². The average molecular weight is 354 g/mol. The van der Waals surface area contributed by atoms with Gasteiger partial charge in [0.25, 0.3) is 5.91 Å². The largest absolute Gasteiger partial charge is 0.438 e. The summed E-state index contributed by atoms with van der Waals surface area (Å²) in [5.41, 5.74) is -0.157. The molecule has 0 unspecified atom stereocenters. The van der Waals surface area contributed by atoms with Crippen LogP contribution in [0, 0.1) is 0 Å². The van der Waals surface area contributed by atoms with Gasteiger partial charge in [-0.05, 0) is 31.7 Å². The highest BCUT2D eigenvalue weighted by molar-refractivity contribution is 5.92. The Labute approximate surface area is 141 Å². The van der Waals surface area contributed by atoms with E-state index in [4.69, 9.17) is 4.42 Å². The van der Waals surface area contributed by atoms with Crippen LogP contribution in [0.25, 0.3) is 0 Å². The molecule has 3 heterocycles. The van der Waals surface area contributed by atoms with Crippen molar-refractivity contribution in [1.82, 2.24) is 19.7 Å². The summed E-state index contributed by atoms with van der Waals surface area (Å²) in [5, 5.41) is 3.63. The molecule has 0 N–H and O–H groups in total. The van der Waals surface area contributed by atoms with Crippen LogP contribution in [0.1, 0.15) is 59.6 Å². The van der Waals surface area contributed by atoms with E-state index in [9.17, 15) is 18.0 Å². The van der Waals surface area contributed by atoms with Crippen molar-refractivity contribution in [2.75, 3.05) is 13.1 Å². The first-order chi connectivity index (χ1) is 11.9. The SMILES string of the molecule is O=C(c1ocnc1C1CC1)N1CCC(n2ccc(C(F)(F)F)n2)CC1. The van der Waals surface area contributed by atoms with Crippen LogP contribution in [0.15, 0.2) is 23.1 Å². The first-order valence-electron chi connectivity index (χ1n) is 8.28. The van der Waals surface area contributed by atoms with Crippen molar-refractivity contribution in [3.05, 3.63) is 35.8 Å². The Kier molecular flexibility index (Phi) is 3.81. The minimum Gasteiger partial charge on any atom is -0.438 e. The van der Waals surface area contributed by atoms with E-state index < -0.39 is 11.9 Å². The lowest BCUT2D eigenvalue weighted by Crippen LogP contribution is -2.39. The molecule has 2 aliphatic rings. The van der Waals surface area contributed by atoms with E-state index in [0.717, 1.165) is 24.6 Å². The van der Waals surface area contributed by atoms with Crippen LogP contribution in [0.3, 0.4) is 0 Å². The summed E-state index contributed by atoms with van der Waals surface area (Å²) >= 11 is 0. The molecule has 1 aliphatic heterocycles. The number of oxazole rings is 1. The lowest BCUT2D eigenvalue weighted by Gasteiger charge is -2.31. The minimum atomic E-state index is -4.44.